The highest BCUT2D eigenvalue weighted by molar-refractivity contribution is 8.00. The molecular weight excluding hydrogens is 330 g/mol. The predicted molar refractivity (Wildman–Crippen MR) is 88.7 cm³/mol. The van der Waals surface area contributed by atoms with Crippen LogP contribution in [0.4, 0.5) is 0 Å². The largest absolute Gasteiger partial charge is 0.477 e. The van der Waals surface area contributed by atoms with E-state index >= 15 is 0 Å². The summed E-state index contributed by atoms with van der Waals surface area (Å²) >= 11 is 1.29. The molecule has 2 aliphatic rings. The first kappa shape index (κ1) is 11.3. The van der Waals surface area contributed by atoms with Crippen molar-refractivity contribution >= 4 is 29.5 Å². The lowest BCUT2D eigenvalue weighted by Gasteiger charge is -2.49. The van der Waals surface area contributed by atoms with E-state index in [0.29, 0.717) is 11.3 Å². The maximum Gasteiger partial charge on any atom is 0.352 e. The summed E-state index contributed by atoms with van der Waals surface area (Å²) in [6, 6.07) is -5.67. The first-order valence-electron chi connectivity index (χ1n) is 9.49. The van der Waals surface area contributed by atoms with Gasteiger partial charge < -0.3 is 16.2 Å². The second-order valence-corrected chi connectivity index (χ2v) is 6.45. The summed E-state index contributed by atoms with van der Waals surface area (Å²) in [5, 5.41) is 11.1. The van der Waals surface area contributed by atoms with Gasteiger partial charge in [0.1, 0.15) is 23.2 Å². The second-order valence-electron chi connectivity index (χ2n) is 5.35. The molecule has 0 spiro atoms. The van der Waals surface area contributed by atoms with E-state index < -0.39 is 65.5 Å². The van der Waals surface area contributed by atoms with Gasteiger partial charge in [0.15, 0.2) is 0 Å². The molecule has 7 nitrogen and oxygen atoms in total. The summed E-state index contributed by atoms with van der Waals surface area (Å²) in [6.45, 7) is 1.61. The Balaban J connectivity index is 1.83. The average molecular weight is 352 g/mol. The van der Waals surface area contributed by atoms with Crippen molar-refractivity contribution < 1.29 is 26.3 Å². The van der Waals surface area contributed by atoms with Crippen LogP contribution in [0.3, 0.4) is 0 Å². The van der Waals surface area contributed by atoms with Gasteiger partial charge in [-0.05, 0) is 18.1 Å². The molecule has 2 aliphatic heterocycles. The Hall–Kier alpha value is -2.32. The van der Waals surface area contributed by atoms with Gasteiger partial charge in [0, 0.05) is 5.75 Å². The Morgan fingerprint density at radius 3 is 2.75 bits per heavy atom. The van der Waals surface area contributed by atoms with Crippen LogP contribution in [-0.2, 0) is 14.4 Å². The van der Waals surface area contributed by atoms with Crippen molar-refractivity contribution in [1.82, 2.24) is 10.2 Å². The minimum atomic E-state index is -1.60. The van der Waals surface area contributed by atoms with E-state index in [-0.39, 0.29) is 11.3 Å². The van der Waals surface area contributed by atoms with Crippen LogP contribution < -0.4 is 11.1 Å². The van der Waals surface area contributed by atoms with Crippen molar-refractivity contribution in [3.05, 3.63) is 47.0 Å². The van der Waals surface area contributed by atoms with E-state index in [4.69, 9.17) is 12.6 Å². The van der Waals surface area contributed by atoms with Crippen LogP contribution in [0.2, 0.25) is 0 Å². The molecule has 0 saturated carbocycles. The fraction of sp³-hybridized carbons (Fsp3) is 0.312. The molecule has 8 heteroatoms. The first-order chi connectivity index (χ1) is 13.5. The number of nitrogens with zero attached hydrogens (tertiary/aromatic N) is 1. The number of rotatable bonds is 4. The molecule has 1 aromatic carbocycles. The Morgan fingerprint density at radius 1 is 1.46 bits per heavy atom. The Morgan fingerprint density at radius 2 is 2.12 bits per heavy atom. The SMILES string of the molecule is [2H]c1c([2H])c([2H])c([C@@H](N)C(=O)N[C@@H]2C(=O)N3C(C(=O)O)=C(C)CS[C@H]23)c([2H])c1[2H]. The third-order valence-corrected chi connectivity index (χ3v) is 5.20. The van der Waals surface area contributed by atoms with Gasteiger partial charge in [-0.2, -0.15) is 0 Å². The number of benzene rings is 1. The molecule has 126 valence electrons. The lowest BCUT2D eigenvalue weighted by atomic mass is 10.0. The first-order valence-corrected chi connectivity index (χ1v) is 8.04. The third-order valence-electron chi connectivity index (χ3n) is 3.77. The maximum absolute atomic E-state index is 12.6. The zero-order valence-corrected chi connectivity index (χ0v) is 13.4. The number of hydrogen-bond acceptors (Lipinski definition) is 5. The lowest BCUT2D eigenvalue weighted by Crippen LogP contribution is -2.71. The number of β-lactam (4-membered cyclic amide) rings is 1. The summed E-state index contributed by atoms with van der Waals surface area (Å²) in [6.07, 6.45) is 0. The van der Waals surface area contributed by atoms with E-state index in [0.717, 1.165) is 4.90 Å². The van der Waals surface area contributed by atoms with Crippen molar-refractivity contribution in [2.45, 2.75) is 24.4 Å². The second kappa shape index (κ2) is 6.29. The standard InChI is InChI=1S/C16H17N3O4S/c1-8-7-24-15-11(14(21)19(15)12(8)16(22)23)18-13(20)10(17)9-5-3-2-4-6-9/h2-6,10-11,15H,7,17H2,1H3,(H,18,20)(H,22,23)/t10-,11-,15-/m1/s1/i2D,3D,4D,5D,6D. The van der Waals surface area contributed by atoms with Crippen molar-refractivity contribution in [2.24, 2.45) is 5.73 Å². The average Bonchev–Trinajstić information content (AvgIpc) is 2.68. The molecule has 2 amide bonds. The zero-order chi connectivity index (χ0) is 21.8. The fourth-order valence-electron chi connectivity index (χ4n) is 2.56. The highest BCUT2D eigenvalue weighted by Crippen LogP contribution is 2.40. The molecule has 0 aromatic heterocycles. The molecule has 2 heterocycles. The molecule has 0 radical (unpaired) electrons. The van der Waals surface area contributed by atoms with Crippen LogP contribution in [0.25, 0.3) is 0 Å². The van der Waals surface area contributed by atoms with Gasteiger partial charge in [-0.3, -0.25) is 14.5 Å². The molecule has 0 bridgehead atoms. The number of nitrogens with one attached hydrogen (secondary N) is 1. The van der Waals surface area contributed by atoms with E-state index in [1.807, 2.05) is 0 Å². The number of fused-ring (bicyclic) bond motifs is 1. The van der Waals surface area contributed by atoms with Crippen LogP contribution >= 0.6 is 11.8 Å². The lowest BCUT2D eigenvalue weighted by molar-refractivity contribution is -0.150. The molecule has 1 fully saturated rings. The summed E-state index contributed by atoms with van der Waals surface area (Å²) in [5.41, 5.74) is 5.89. The number of aliphatic carboxylic acids is 1. The zero-order valence-electron chi connectivity index (χ0n) is 17.5. The van der Waals surface area contributed by atoms with E-state index in [2.05, 4.69) is 5.32 Å². The Labute approximate surface area is 149 Å². The third kappa shape index (κ3) is 2.67. The topological polar surface area (TPSA) is 113 Å². The predicted octanol–water partition coefficient (Wildman–Crippen LogP) is 0.445. The van der Waals surface area contributed by atoms with Crippen molar-refractivity contribution in [3.63, 3.8) is 0 Å². The number of carbonyl (C=O) groups is 3. The number of thioether (sulfide) groups is 1. The van der Waals surface area contributed by atoms with Crippen molar-refractivity contribution in [3.8, 4) is 0 Å². The number of nitrogens with two attached hydrogens (primary N) is 1. The van der Waals surface area contributed by atoms with Gasteiger partial charge in [-0.15, -0.1) is 11.8 Å². The van der Waals surface area contributed by atoms with Crippen LogP contribution in [0.15, 0.2) is 41.5 Å². The van der Waals surface area contributed by atoms with Crippen molar-refractivity contribution in [2.75, 3.05) is 5.75 Å². The maximum atomic E-state index is 12.6. The van der Waals surface area contributed by atoms with Gasteiger partial charge in [0.05, 0.1) is 6.85 Å². The normalized spacial score (nSPS) is 27.0. The number of amides is 2. The highest BCUT2D eigenvalue weighted by Gasteiger charge is 2.53. The molecule has 4 N–H and O–H groups in total. The summed E-state index contributed by atoms with van der Waals surface area (Å²) in [7, 11) is 0. The van der Waals surface area contributed by atoms with Crippen LogP contribution in [0, 0.1) is 0 Å². The number of carboxylic acid groups (broad SMARTS) is 1. The number of hydrogen-bond donors (Lipinski definition) is 3. The van der Waals surface area contributed by atoms with Gasteiger partial charge >= 0.3 is 5.97 Å². The molecule has 24 heavy (non-hydrogen) atoms. The Bertz CT molecular complexity index is 957. The van der Waals surface area contributed by atoms with Crippen LogP contribution in [0.1, 0.15) is 25.4 Å². The van der Waals surface area contributed by atoms with Gasteiger partial charge in [0.2, 0.25) is 5.91 Å². The van der Waals surface area contributed by atoms with Crippen LogP contribution in [0.5, 0.6) is 0 Å². The summed E-state index contributed by atoms with van der Waals surface area (Å²) in [4.78, 5) is 37.5. The molecule has 0 unspecified atom stereocenters. The van der Waals surface area contributed by atoms with Crippen molar-refractivity contribution in [1.29, 1.82) is 0 Å². The molecule has 3 rings (SSSR count). The Kier molecular flexibility index (Phi) is 2.95. The molecule has 1 saturated heterocycles. The highest BCUT2D eigenvalue weighted by atomic mass is 32.2. The monoisotopic (exact) mass is 352 g/mol. The van der Waals surface area contributed by atoms with Gasteiger partial charge in [-0.25, -0.2) is 4.79 Å². The number of carbonyl (C=O) groups excluding carboxylic acids is 2. The minimum absolute atomic E-state index is 0.112. The minimum Gasteiger partial charge on any atom is -0.477 e. The molecule has 3 atom stereocenters. The van der Waals surface area contributed by atoms with E-state index in [1.54, 1.807) is 6.92 Å². The molecule has 0 aliphatic carbocycles. The van der Waals surface area contributed by atoms with E-state index in [1.165, 1.54) is 11.8 Å². The quantitative estimate of drug-likeness (QED) is 0.678. The van der Waals surface area contributed by atoms with E-state index in [9.17, 15) is 19.5 Å². The molecular formula is C16H17N3O4S. The van der Waals surface area contributed by atoms with Gasteiger partial charge in [-0.1, -0.05) is 30.2 Å². The number of carboxylic acids is 1. The van der Waals surface area contributed by atoms with Gasteiger partial charge in [0.25, 0.3) is 5.91 Å². The molecule has 1 aromatic rings. The summed E-state index contributed by atoms with van der Waals surface area (Å²) < 4.78 is 38.7. The van der Waals surface area contributed by atoms with Crippen LogP contribution in [-0.4, -0.2) is 45.0 Å². The smallest absolute Gasteiger partial charge is 0.352 e. The fourth-order valence-corrected chi connectivity index (χ4v) is 3.86. The summed E-state index contributed by atoms with van der Waals surface area (Å²) in [5.74, 6) is -2.37.